The molecule has 1 aromatic carbocycles. The molecule has 1 aromatic rings. The Morgan fingerprint density at radius 1 is 1.53 bits per heavy atom. The van der Waals surface area contributed by atoms with Crippen molar-refractivity contribution in [1.29, 1.82) is 5.26 Å². The first-order valence-electron chi connectivity index (χ1n) is 6.44. The summed E-state index contributed by atoms with van der Waals surface area (Å²) in [6.07, 6.45) is 2.20. The van der Waals surface area contributed by atoms with Crippen molar-refractivity contribution in [2.24, 2.45) is 5.41 Å². The monoisotopic (exact) mass is 258 g/mol. The van der Waals surface area contributed by atoms with Gasteiger partial charge in [0.15, 0.2) is 0 Å². The quantitative estimate of drug-likeness (QED) is 0.833. The molecule has 0 radical (unpaired) electrons. The summed E-state index contributed by atoms with van der Waals surface area (Å²) in [5.41, 5.74) is 1.06. The summed E-state index contributed by atoms with van der Waals surface area (Å²) in [4.78, 5) is 13.9. The van der Waals surface area contributed by atoms with Crippen molar-refractivity contribution in [3.8, 4) is 11.8 Å². The molecule has 0 saturated heterocycles. The van der Waals surface area contributed by atoms with Crippen LogP contribution in [0, 0.1) is 16.7 Å². The molecule has 4 nitrogen and oxygen atoms in total. The molecule has 1 aliphatic carbocycles. The van der Waals surface area contributed by atoms with Crippen molar-refractivity contribution < 1.29 is 9.53 Å². The second-order valence-electron chi connectivity index (χ2n) is 4.92. The number of nitrogens with zero attached hydrogens (tertiary/aromatic N) is 2. The van der Waals surface area contributed by atoms with E-state index in [0.29, 0.717) is 18.6 Å². The Kier molecular flexibility index (Phi) is 3.48. The van der Waals surface area contributed by atoms with Gasteiger partial charge < -0.3 is 9.64 Å². The Hall–Kier alpha value is -2.02. The highest BCUT2D eigenvalue weighted by molar-refractivity contribution is 6.01. The van der Waals surface area contributed by atoms with E-state index in [1.54, 1.807) is 19.1 Å². The number of carbonyl (C=O) groups excluding carboxylic acids is 1. The summed E-state index contributed by atoms with van der Waals surface area (Å²) in [7, 11) is 3.29. The van der Waals surface area contributed by atoms with Gasteiger partial charge in [-0.2, -0.15) is 5.26 Å². The number of hydrogen-bond acceptors (Lipinski definition) is 3. The summed E-state index contributed by atoms with van der Waals surface area (Å²) >= 11 is 0. The lowest BCUT2D eigenvalue weighted by atomic mass is 10.1. The molecule has 0 N–H and O–H groups in total. The molecule has 0 aliphatic heterocycles. The second kappa shape index (κ2) is 4.93. The number of carbonyl (C=O) groups is 1. The third kappa shape index (κ3) is 2.28. The number of anilines is 1. The predicted octanol–water partition coefficient (Wildman–Crippen LogP) is 2.52. The highest BCUT2D eigenvalue weighted by Crippen LogP contribution is 2.47. The molecule has 4 heteroatoms. The Morgan fingerprint density at radius 3 is 2.68 bits per heavy atom. The fourth-order valence-corrected chi connectivity index (χ4v) is 2.15. The topological polar surface area (TPSA) is 53.3 Å². The molecule has 1 amide bonds. The molecule has 0 unspecified atom stereocenters. The van der Waals surface area contributed by atoms with Crippen molar-refractivity contribution >= 4 is 11.6 Å². The number of amides is 1. The number of nitriles is 1. The molecule has 1 fully saturated rings. The molecule has 0 aromatic heterocycles. The van der Waals surface area contributed by atoms with Crippen LogP contribution in [0.4, 0.5) is 5.69 Å². The van der Waals surface area contributed by atoms with Crippen LogP contribution in [0.15, 0.2) is 18.2 Å². The molecule has 19 heavy (non-hydrogen) atoms. The van der Waals surface area contributed by atoms with E-state index >= 15 is 0 Å². The molecular weight excluding hydrogens is 240 g/mol. The number of hydrogen-bond donors (Lipinski definition) is 0. The van der Waals surface area contributed by atoms with Crippen molar-refractivity contribution in [3.63, 3.8) is 0 Å². The van der Waals surface area contributed by atoms with Gasteiger partial charge in [0, 0.05) is 7.05 Å². The molecule has 100 valence electrons. The van der Waals surface area contributed by atoms with Crippen LogP contribution >= 0.6 is 0 Å². The smallest absolute Gasteiger partial charge is 0.247 e. The number of aryl methyl sites for hydroxylation is 1. The normalized spacial score (nSPS) is 15.5. The van der Waals surface area contributed by atoms with Gasteiger partial charge in [-0.1, -0.05) is 13.0 Å². The maximum absolute atomic E-state index is 12.4. The minimum absolute atomic E-state index is 0.137. The van der Waals surface area contributed by atoms with E-state index < -0.39 is 5.41 Å². The molecule has 0 atom stereocenters. The van der Waals surface area contributed by atoms with Crippen LogP contribution in [-0.4, -0.2) is 20.1 Å². The van der Waals surface area contributed by atoms with Gasteiger partial charge in [-0.25, -0.2) is 0 Å². The van der Waals surface area contributed by atoms with Crippen LogP contribution in [0.1, 0.15) is 25.3 Å². The molecule has 1 saturated carbocycles. The minimum atomic E-state index is -0.804. The Balaban J connectivity index is 2.35. The Labute approximate surface area is 113 Å². The van der Waals surface area contributed by atoms with Gasteiger partial charge in [0.1, 0.15) is 11.2 Å². The van der Waals surface area contributed by atoms with Crippen LogP contribution in [0.5, 0.6) is 5.75 Å². The fraction of sp³-hybridized carbons (Fsp3) is 0.467. The van der Waals surface area contributed by atoms with E-state index in [0.717, 1.165) is 17.7 Å². The molecule has 2 rings (SSSR count). The SMILES string of the molecule is CCc1ccc(OC)c(N(C)C(=O)C2(C#N)CC2)c1. The number of methoxy groups -OCH3 is 1. The minimum Gasteiger partial charge on any atom is -0.495 e. The molecule has 1 aliphatic rings. The van der Waals surface area contributed by atoms with Gasteiger partial charge in [0.05, 0.1) is 18.9 Å². The van der Waals surface area contributed by atoms with Gasteiger partial charge in [-0.05, 0) is 37.0 Å². The lowest BCUT2D eigenvalue weighted by Gasteiger charge is -2.22. The van der Waals surface area contributed by atoms with Crippen molar-refractivity contribution in [3.05, 3.63) is 23.8 Å². The van der Waals surface area contributed by atoms with Crippen LogP contribution in [-0.2, 0) is 11.2 Å². The summed E-state index contributed by atoms with van der Waals surface area (Å²) in [5.74, 6) is 0.517. The Morgan fingerprint density at radius 2 is 2.21 bits per heavy atom. The average molecular weight is 258 g/mol. The zero-order valence-corrected chi connectivity index (χ0v) is 11.6. The van der Waals surface area contributed by atoms with E-state index in [-0.39, 0.29) is 5.91 Å². The van der Waals surface area contributed by atoms with Gasteiger partial charge >= 0.3 is 0 Å². The maximum Gasteiger partial charge on any atom is 0.247 e. The fourth-order valence-electron chi connectivity index (χ4n) is 2.15. The number of ether oxygens (including phenoxy) is 1. The number of benzene rings is 1. The van der Waals surface area contributed by atoms with E-state index in [2.05, 4.69) is 13.0 Å². The van der Waals surface area contributed by atoms with Crippen LogP contribution in [0.2, 0.25) is 0 Å². The zero-order valence-electron chi connectivity index (χ0n) is 11.6. The lowest BCUT2D eigenvalue weighted by molar-refractivity contribution is -0.121. The summed E-state index contributed by atoms with van der Waals surface area (Å²) in [6.45, 7) is 2.06. The standard InChI is InChI=1S/C15H18N2O2/c1-4-11-5-6-13(19-3)12(9-11)17(2)14(18)15(10-16)7-8-15/h5-6,9H,4,7-8H2,1-3H3. The predicted molar refractivity (Wildman–Crippen MR) is 73.1 cm³/mol. The van der Waals surface area contributed by atoms with Crippen LogP contribution < -0.4 is 9.64 Å². The van der Waals surface area contributed by atoms with Crippen molar-refractivity contribution in [2.75, 3.05) is 19.1 Å². The largest absolute Gasteiger partial charge is 0.495 e. The first-order valence-corrected chi connectivity index (χ1v) is 6.44. The Bertz CT molecular complexity index is 542. The van der Waals surface area contributed by atoms with Crippen LogP contribution in [0.25, 0.3) is 0 Å². The molecule has 0 bridgehead atoms. The molecule has 0 heterocycles. The molecular formula is C15H18N2O2. The van der Waals surface area contributed by atoms with E-state index in [1.807, 2.05) is 18.2 Å². The van der Waals surface area contributed by atoms with E-state index in [1.165, 1.54) is 0 Å². The summed E-state index contributed by atoms with van der Waals surface area (Å²) < 4.78 is 5.31. The summed E-state index contributed by atoms with van der Waals surface area (Å²) in [6, 6.07) is 7.93. The second-order valence-corrected chi connectivity index (χ2v) is 4.92. The van der Waals surface area contributed by atoms with Gasteiger partial charge in [-0.3, -0.25) is 4.79 Å². The maximum atomic E-state index is 12.4. The van der Waals surface area contributed by atoms with E-state index in [9.17, 15) is 4.79 Å². The summed E-state index contributed by atoms with van der Waals surface area (Å²) in [5, 5.41) is 9.12. The average Bonchev–Trinajstić information content (AvgIpc) is 3.26. The lowest BCUT2D eigenvalue weighted by Crippen LogP contribution is -2.33. The zero-order chi connectivity index (χ0) is 14.0. The number of rotatable bonds is 4. The van der Waals surface area contributed by atoms with Crippen molar-refractivity contribution in [2.45, 2.75) is 26.2 Å². The molecule has 0 spiro atoms. The highest BCUT2D eigenvalue weighted by Gasteiger charge is 2.52. The third-order valence-corrected chi connectivity index (χ3v) is 3.69. The highest BCUT2D eigenvalue weighted by atomic mass is 16.5. The first-order chi connectivity index (χ1) is 9.07. The van der Waals surface area contributed by atoms with Gasteiger partial charge in [0.2, 0.25) is 5.91 Å². The first kappa shape index (κ1) is 13.4. The van der Waals surface area contributed by atoms with Gasteiger partial charge in [-0.15, -0.1) is 0 Å². The van der Waals surface area contributed by atoms with Crippen LogP contribution in [0.3, 0.4) is 0 Å². The van der Waals surface area contributed by atoms with Crippen molar-refractivity contribution in [1.82, 2.24) is 0 Å². The third-order valence-electron chi connectivity index (χ3n) is 3.69. The van der Waals surface area contributed by atoms with Gasteiger partial charge in [0.25, 0.3) is 0 Å². The van der Waals surface area contributed by atoms with E-state index in [4.69, 9.17) is 10.00 Å².